The number of alkyl halides is 3. The maximum atomic E-state index is 13.4. The molecule has 0 fully saturated rings. The minimum absolute atomic E-state index is 0.192. The first kappa shape index (κ1) is 21.0. The maximum absolute atomic E-state index is 13.4. The van der Waals surface area contributed by atoms with Gasteiger partial charge in [0.15, 0.2) is 11.5 Å². The highest BCUT2D eigenvalue weighted by molar-refractivity contribution is 7.98. The van der Waals surface area contributed by atoms with Crippen molar-refractivity contribution in [2.75, 3.05) is 6.26 Å². The highest BCUT2D eigenvalue weighted by Gasteiger charge is 2.35. The average molecular weight is 466 g/mol. The monoisotopic (exact) mass is 465 g/mol. The number of halogens is 4. The first-order chi connectivity index (χ1) is 14.3. The largest absolute Gasteiger partial charge is 0.434 e. The lowest BCUT2D eigenvalue weighted by Gasteiger charge is -2.08. The fraction of sp³-hybridized carbons (Fsp3) is 0.143. The summed E-state index contributed by atoms with van der Waals surface area (Å²) in [6.45, 7) is 1.98. The van der Waals surface area contributed by atoms with Gasteiger partial charge in [-0.25, -0.2) is 9.97 Å². The first-order valence-electron chi connectivity index (χ1n) is 8.80. The van der Waals surface area contributed by atoms with Gasteiger partial charge in [0.25, 0.3) is 0 Å². The van der Waals surface area contributed by atoms with Gasteiger partial charge in [0.2, 0.25) is 0 Å². The summed E-state index contributed by atoms with van der Waals surface area (Å²) in [6.07, 6.45) is 0.159. The SMILES string of the molecule is CSc1ncc(-c2ccc(-c3nc(C(F)(F)F)cn3-c3ccccc3Cl)s2)cc1C. The Morgan fingerprint density at radius 3 is 2.50 bits per heavy atom. The van der Waals surface area contributed by atoms with Crippen molar-refractivity contribution < 1.29 is 13.2 Å². The lowest BCUT2D eigenvalue weighted by molar-refractivity contribution is -0.140. The van der Waals surface area contributed by atoms with E-state index in [1.165, 1.54) is 15.9 Å². The number of thioether (sulfide) groups is 1. The van der Waals surface area contributed by atoms with Crippen LogP contribution in [0.15, 0.2) is 59.9 Å². The molecule has 0 amide bonds. The average Bonchev–Trinajstić information content (AvgIpc) is 3.35. The Labute approximate surface area is 184 Å². The van der Waals surface area contributed by atoms with Crippen molar-refractivity contribution in [3.63, 3.8) is 0 Å². The predicted octanol–water partition coefficient (Wildman–Crippen LogP) is 7.37. The van der Waals surface area contributed by atoms with E-state index in [0.29, 0.717) is 15.6 Å². The lowest BCUT2D eigenvalue weighted by Crippen LogP contribution is -2.04. The molecule has 0 aliphatic carbocycles. The molecule has 1 aromatic carbocycles. The van der Waals surface area contributed by atoms with Gasteiger partial charge < -0.3 is 0 Å². The summed E-state index contributed by atoms with van der Waals surface area (Å²) >= 11 is 9.18. The second-order valence-corrected chi connectivity index (χ2v) is 8.77. The molecule has 30 heavy (non-hydrogen) atoms. The summed E-state index contributed by atoms with van der Waals surface area (Å²) in [5.41, 5.74) is 1.43. The van der Waals surface area contributed by atoms with Crippen molar-refractivity contribution in [1.82, 2.24) is 14.5 Å². The summed E-state index contributed by atoms with van der Waals surface area (Å²) < 4.78 is 41.5. The van der Waals surface area contributed by atoms with Gasteiger partial charge in [-0.2, -0.15) is 13.2 Å². The van der Waals surface area contributed by atoms with E-state index in [9.17, 15) is 13.2 Å². The molecule has 0 radical (unpaired) electrons. The standard InChI is InChI=1S/C21H15ClF3N3S2/c1-12-9-13(10-26-20(12)29-2)16-7-8-17(30-16)19-27-18(21(23,24)25)11-28(19)15-6-4-3-5-14(15)22/h3-11H,1-2H3. The number of benzene rings is 1. The molecule has 0 aliphatic heterocycles. The van der Waals surface area contributed by atoms with Crippen LogP contribution in [0, 0.1) is 6.92 Å². The third-order valence-corrected chi connectivity index (χ3v) is 6.71. The topological polar surface area (TPSA) is 30.7 Å². The van der Waals surface area contributed by atoms with E-state index in [1.807, 2.05) is 25.3 Å². The number of imidazole rings is 1. The van der Waals surface area contributed by atoms with Crippen LogP contribution in [-0.2, 0) is 6.18 Å². The number of rotatable bonds is 4. The quantitative estimate of drug-likeness (QED) is 0.295. The molecule has 154 valence electrons. The van der Waals surface area contributed by atoms with Crippen LogP contribution in [-0.4, -0.2) is 20.8 Å². The van der Waals surface area contributed by atoms with Crippen LogP contribution >= 0.6 is 34.7 Å². The van der Waals surface area contributed by atoms with Crippen LogP contribution in [0.2, 0.25) is 5.02 Å². The van der Waals surface area contributed by atoms with E-state index in [2.05, 4.69) is 9.97 Å². The summed E-state index contributed by atoms with van der Waals surface area (Å²) in [6, 6.07) is 12.4. The third kappa shape index (κ3) is 3.99. The Kier molecular flexibility index (Phi) is 5.65. The Morgan fingerprint density at radius 2 is 1.83 bits per heavy atom. The van der Waals surface area contributed by atoms with Crippen molar-refractivity contribution in [3.8, 4) is 26.8 Å². The Bertz CT molecular complexity index is 1210. The number of aromatic nitrogens is 3. The van der Waals surface area contributed by atoms with Crippen LogP contribution in [0.1, 0.15) is 11.3 Å². The van der Waals surface area contributed by atoms with Crippen LogP contribution in [0.4, 0.5) is 13.2 Å². The van der Waals surface area contributed by atoms with Gasteiger partial charge in [0.1, 0.15) is 0 Å². The summed E-state index contributed by atoms with van der Waals surface area (Å²) in [4.78, 5) is 9.85. The number of aryl methyl sites for hydroxylation is 1. The molecule has 3 heterocycles. The van der Waals surface area contributed by atoms with Gasteiger partial charge in [-0.05, 0) is 49.1 Å². The van der Waals surface area contributed by atoms with E-state index in [-0.39, 0.29) is 5.82 Å². The smallest absolute Gasteiger partial charge is 0.297 e. The van der Waals surface area contributed by atoms with Gasteiger partial charge in [-0.1, -0.05) is 23.7 Å². The van der Waals surface area contributed by atoms with Gasteiger partial charge >= 0.3 is 6.18 Å². The second kappa shape index (κ2) is 8.09. The lowest BCUT2D eigenvalue weighted by atomic mass is 10.2. The molecule has 0 atom stereocenters. The fourth-order valence-electron chi connectivity index (χ4n) is 3.05. The van der Waals surface area contributed by atoms with E-state index < -0.39 is 11.9 Å². The molecule has 0 saturated carbocycles. The molecule has 9 heteroatoms. The molecule has 0 N–H and O–H groups in total. The van der Waals surface area contributed by atoms with Crippen molar-refractivity contribution in [2.45, 2.75) is 18.1 Å². The van der Waals surface area contributed by atoms with Crippen LogP contribution in [0.5, 0.6) is 0 Å². The highest BCUT2D eigenvalue weighted by Crippen LogP contribution is 2.39. The zero-order valence-electron chi connectivity index (χ0n) is 15.9. The van der Waals surface area contributed by atoms with Crippen LogP contribution in [0.3, 0.4) is 0 Å². The summed E-state index contributed by atoms with van der Waals surface area (Å²) in [5, 5.41) is 1.29. The molecule has 0 saturated heterocycles. The number of nitrogens with zero attached hydrogens (tertiary/aromatic N) is 3. The predicted molar refractivity (Wildman–Crippen MR) is 117 cm³/mol. The van der Waals surface area contributed by atoms with E-state index >= 15 is 0 Å². The maximum Gasteiger partial charge on any atom is 0.434 e. The van der Waals surface area contributed by atoms with Gasteiger partial charge in [-0.15, -0.1) is 23.1 Å². The minimum Gasteiger partial charge on any atom is -0.297 e. The van der Waals surface area contributed by atoms with Gasteiger partial charge in [-0.3, -0.25) is 4.57 Å². The van der Waals surface area contributed by atoms with E-state index in [4.69, 9.17) is 11.6 Å². The minimum atomic E-state index is -4.56. The molecular formula is C21H15ClF3N3S2. The first-order valence-corrected chi connectivity index (χ1v) is 11.2. The van der Waals surface area contributed by atoms with E-state index in [0.717, 1.165) is 27.2 Å². The van der Waals surface area contributed by atoms with Crippen LogP contribution in [0.25, 0.3) is 26.8 Å². The molecule has 4 rings (SSSR count). The Balaban J connectivity index is 1.82. The second-order valence-electron chi connectivity index (χ2n) is 6.48. The molecule has 4 aromatic rings. The summed E-state index contributed by atoms with van der Waals surface area (Å²) in [7, 11) is 0. The molecule has 0 unspecified atom stereocenters. The van der Waals surface area contributed by atoms with E-state index in [1.54, 1.807) is 48.3 Å². The third-order valence-electron chi connectivity index (χ3n) is 4.44. The zero-order chi connectivity index (χ0) is 21.5. The number of pyridine rings is 1. The van der Waals surface area contributed by atoms with Crippen molar-refractivity contribution >= 4 is 34.7 Å². The summed E-state index contributed by atoms with van der Waals surface area (Å²) in [5.74, 6) is 0.192. The molecule has 3 nitrogen and oxygen atoms in total. The van der Waals surface area contributed by atoms with Crippen LogP contribution < -0.4 is 0 Å². The number of thiophene rings is 1. The van der Waals surface area contributed by atoms with Gasteiger partial charge in [0.05, 0.1) is 20.6 Å². The highest BCUT2D eigenvalue weighted by atomic mass is 35.5. The molecule has 0 bridgehead atoms. The van der Waals surface area contributed by atoms with Crippen molar-refractivity contribution in [2.24, 2.45) is 0 Å². The molecule has 0 spiro atoms. The molecular weight excluding hydrogens is 451 g/mol. The van der Waals surface area contributed by atoms with Crippen molar-refractivity contribution in [3.05, 3.63) is 71.1 Å². The zero-order valence-corrected chi connectivity index (χ0v) is 18.3. The normalized spacial score (nSPS) is 11.8. The molecule has 0 aliphatic rings. The Morgan fingerprint density at radius 1 is 1.10 bits per heavy atom. The Hall–Kier alpha value is -2.29. The number of para-hydroxylation sites is 1. The fourth-order valence-corrected chi connectivity index (χ4v) is 4.78. The van der Waals surface area contributed by atoms with Gasteiger partial charge in [0, 0.05) is 22.8 Å². The number of hydrogen-bond acceptors (Lipinski definition) is 4. The van der Waals surface area contributed by atoms with Crippen molar-refractivity contribution in [1.29, 1.82) is 0 Å². The number of hydrogen-bond donors (Lipinski definition) is 0. The molecule has 3 aromatic heterocycles.